The summed E-state index contributed by atoms with van der Waals surface area (Å²) >= 11 is 6.07. The first-order valence-corrected chi connectivity index (χ1v) is 10.2. The van der Waals surface area contributed by atoms with E-state index < -0.39 is 0 Å². The van der Waals surface area contributed by atoms with Crippen molar-refractivity contribution in [2.45, 2.75) is 40.9 Å². The molecule has 4 rings (SSSR count). The lowest BCUT2D eigenvalue weighted by Crippen LogP contribution is -2.40. The van der Waals surface area contributed by atoms with Crippen molar-refractivity contribution in [2.24, 2.45) is 5.92 Å². The van der Waals surface area contributed by atoms with E-state index in [1.54, 1.807) is 0 Å². The van der Waals surface area contributed by atoms with Crippen LogP contribution in [-0.2, 0) is 6.54 Å². The fourth-order valence-corrected chi connectivity index (χ4v) is 6.74. The molecule has 0 spiro atoms. The highest BCUT2D eigenvalue weighted by Gasteiger charge is 2.51. The molecule has 1 aliphatic carbocycles. The van der Waals surface area contributed by atoms with E-state index in [0.717, 1.165) is 12.5 Å². The van der Waals surface area contributed by atoms with Gasteiger partial charge in [-0.1, -0.05) is 64.0 Å². The van der Waals surface area contributed by atoms with Crippen LogP contribution in [0.1, 0.15) is 17.5 Å². The molecular formula is C20H22BrNS. The summed E-state index contributed by atoms with van der Waals surface area (Å²) in [6.07, 6.45) is 1.34. The molecular weight excluding hydrogens is 366 g/mol. The summed E-state index contributed by atoms with van der Waals surface area (Å²) in [5, 5.41) is 0.699. The zero-order valence-electron chi connectivity index (χ0n) is 13.4. The van der Waals surface area contributed by atoms with Crippen molar-refractivity contribution in [1.29, 1.82) is 0 Å². The van der Waals surface area contributed by atoms with E-state index in [1.807, 2.05) is 0 Å². The monoisotopic (exact) mass is 387 g/mol. The molecule has 2 fully saturated rings. The number of nitrogens with zero attached hydrogens (tertiary/aromatic N) is 1. The lowest BCUT2D eigenvalue weighted by atomic mass is 10.1. The van der Waals surface area contributed by atoms with Crippen molar-refractivity contribution in [3.05, 3.63) is 65.7 Å². The molecule has 0 amide bonds. The van der Waals surface area contributed by atoms with Crippen molar-refractivity contribution in [2.75, 3.05) is 6.54 Å². The van der Waals surface area contributed by atoms with E-state index in [0.29, 0.717) is 16.1 Å². The molecule has 1 nitrogen and oxygen atoms in total. The number of hydrogen-bond donors (Lipinski definition) is 0. The Morgan fingerprint density at radius 1 is 1.09 bits per heavy atom. The van der Waals surface area contributed by atoms with Crippen LogP contribution in [0.15, 0.2) is 59.5 Å². The van der Waals surface area contributed by atoms with Crippen LogP contribution in [0.5, 0.6) is 0 Å². The smallest absolute Gasteiger partial charge is 0.0353 e. The van der Waals surface area contributed by atoms with Crippen molar-refractivity contribution >= 4 is 27.7 Å². The molecule has 23 heavy (non-hydrogen) atoms. The van der Waals surface area contributed by atoms with E-state index >= 15 is 0 Å². The molecule has 0 N–H and O–H groups in total. The predicted octanol–water partition coefficient (Wildman–Crippen LogP) is 5.12. The highest BCUT2D eigenvalue weighted by atomic mass is 79.9. The summed E-state index contributed by atoms with van der Waals surface area (Å²) < 4.78 is 0. The van der Waals surface area contributed by atoms with Gasteiger partial charge < -0.3 is 0 Å². The third kappa shape index (κ3) is 3.24. The lowest BCUT2D eigenvalue weighted by Gasteiger charge is -2.33. The van der Waals surface area contributed by atoms with Crippen molar-refractivity contribution < 1.29 is 0 Å². The second kappa shape index (κ2) is 6.62. The fraction of sp³-hybridized carbons (Fsp3) is 0.400. The van der Waals surface area contributed by atoms with Gasteiger partial charge in [0, 0.05) is 34.1 Å². The largest absolute Gasteiger partial charge is 0.294 e. The van der Waals surface area contributed by atoms with Crippen molar-refractivity contribution in [3.63, 3.8) is 0 Å². The summed E-state index contributed by atoms with van der Waals surface area (Å²) in [5.74, 6) is 0.798. The van der Waals surface area contributed by atoms with E-state index in [-0.39, 0.29) is 0 Å². The molecule has 0 radical (unpaired) electrons. The maximum absolute atomic E-state index is 4.00. The number of benzene rings is 2. The van der Waals surface area contributed by atoms with Crippen LogP contribution in [0.3, 0.4) is 0 Å². The van der Waals surface area contributed by atoms with Gasteiger partial charge >= 0.3 is 0 Å². The molecule has 1 saturated carbocycles. The number of aryl methyl sites for hydroxylation is 1. The van der Waals surface area contributed by atoms with Gasteiger partial charge in [-0.2, -0.15) is 0 Å². The number of halogens is 1. The Morgan fingerprint density at radius 3 is 2.52 bits per heavy atom. The van der Waals surface area contributed by atoms with Gasteiger partial charge in [-0.05, 0) is 37.0 Å². The lowest BCUT2D eigenvalue weighted by molar-refractivity contribution is 0.211. The van der Waals surface area contributed by atoms with Gasteiger partial charge in [0.15, 0.2) is 0 Å². The molecule has 2 bridgehead atoms. The zero-order chi connectivity index (χ0) is 15.8. The third-order valence-electron chi connectivity index (χ3n) is 5.12. The average Bonchev–Trinajstić information content (AvgIpc) is 3.02. The SMILES string of the molecule is Cc1ccc(S[C@H]2C[C@H]3CN(Cc4ccccc4)[C@@H]2[C@@H]3Br)cc1. The molecule has 2 aliphatic rings. The Balaban J connectivity index is 1.48. The predicted molar refractivity (Wildman–Crippen MR) is 102 cm³/mol. The zero-order valence-corrected chi connectivity index (χ0v) is 15.8. The minimum atomic E-state index is 0.645. The fourth-order valence-electron chi connectivity index (χ4n) is 3.98. The Hall–Kier alpha value is -0.770. The number of piperidine rings is 1. The Morgan fingerprint density at radius 2 is 1.83 bits per heavy atom. The molecule has 120 valence electrons. The average molecular weight is 388 g/mol. The van der Waals surface area contributed by atoms with Gasteiger partial charge in [0.2, 0.25) is 0 Å². The van der Waals surface area contributed by atoms with Crippen molar-refractivity contribution in [1.82, 2.24) is 4.90 Å². The van der Waals surface area contributed by atoms with E-state index in [9.17, 15) is 0 Å². The van der Waals surface area contributed by atoms with E-state index in [1.165, 1.54) is 29.0 Å². The Labute approximate surface area is 151 Å². The number of rotatable bonds is 4. The Bertz CT molecular complexity index is 657. The van der Waals surface area contributed by atoms with Gasteiger partial charge in [0.25, 0.3) is 0 Å². The standard InChI is InChI=1S/C20H22BrNS/c1-14-7-9-17(10-8-14)23-18-11-16-13-22(20(18)19(16)21)12-15-5-3-2-4-6-15/h2-10,16,18-20H,11-13H2,1H3/t16-,18-,19+,20-/m0/s1. The molecule has 1 saturated heterocycles. The summed E-state index contributed by atoms with van der Waals surface area (Å²) in [6.45, 7) is 4.47. The molecule has 4 atom stereocenters. The number of fused-ring (bicyclic) bond motifs is 2. The second-order valence-electron chi connectivity index (χ2n) is 6.82. The van der Waals surface area contributed by atoms with Gasteiger partial charge in [-0.25, -0.2) is 0 Å². The molecule has 0 aromatic heterocycles. The molecule has 1 heterocycles. The maximum atomic E-state index is 4.00. The van der Waals surface area contributed by atoms with Gasteiger partial charge in [-0.15, -0.1) is 11.8 Å². The summed E-state index contributed by atoms with van der Waals surface area (Å²) in [5.41, 5.74) is 2.77. The molecule has 1 aliphatic heterocycles. The topological polar surface area (TPSA) is 3.24 Å². The van der Waals surface area contributed by atoms with Crippen LogP contribution in [0.2, 0.25) is 0 Å². The normalized spacial score (nSPS) is 30.0. The van der Waals surface area contributed by atoms with Gasteiger partial charge in [-0.3, -0.25) is 4.90 Å². The summed E-state index contributed by atoms with van der Waals surface area (Å²) in [6, 6.07) is 20.5. The minimum absolute atomic E-state index is 0.645. The summed E-state index contributed by atoms with van der Waals surface area (Å²) in [7, 11) is 0. The number of likely N-dealkylation sites (tertiary alicyclic amines) is 1. The van der Waals surface area contributed by atoms with Gasteiger partial charge in [0.1, 0.15) is 0 Å². The van der Waals surface area contributed by atoms with Gasteiger partial charge in [0.05, 0.1) is 0 Å². The maximum Gasteiger partial charge on any atom is 0.0353 e. The van der Waals surface area contributed by atoms with Crippen LogP contribution in [-0.4, -0.2) is 27.6 Å². The summed E-state index contributed by atoms with van der Waals surface area (Å²) in [4.78, 5) is 4.75. The number of alkyl halides is 1. The Kier molecular flexibility index (Phi) is 4.53. The first kappa shape index (κ1) is 15.7. The van der Waals surface area contributed by atoms with Crippen LogP contribution < -0.4 is 0 Å². The van der Waals surface area contributed by atoms with Crippen molar-refractivity contribution in [3.8, 4) is 0 Å². The van der Waals surface area contributed by atoms with E-state index in [2.05, 4.69) is 94.1 Å². The first-order valence-electron chi connectivity index (χ1n) is 8.36. The quantitative estimate of drug-likeness (QED) is 0.669. The first-order chi connectivity index (χ1) is 11.2. The molecule has 3 heteroatoms. The second-order valence-corrected chi connectivity index (χ2v) is 9.19. The minimum Gasteiger partial charge on any atom is -0.294 e. The third-order valence-corrected chi connectivity index (χ3v) is 7.73. The number of thioether (sulfide) groups is 1. The number of hydrogen-bond acceptors (Lipinski definition) is 2. The van der Waals surface area contributed by atoms with Crippen LogP contribution in [0.4, 0.5) is 0 Å². The highest BCUT2D eigenvalue weighted by molar-refractivity contribution is 9.09. The van der Waals surface area contributed by atoms with E-state index in [4.69, 9.17) is 0 Å². The highest BCUT2D eigenvalue weighted by Crippen LogP contribution is 2.49. The molecule has 2 aromatic carbocycles. The van der Waals surface area contributed by atoms with Crippen LogP contribution >= 0.6 is 27.7 Å². The van der Waals surface area contributed by atoms with Crippen LogP contribution in [0.25, 0.3) is 0 Å². The molecule has 0 unspecified atom stereocenters. The molecule has 2 aromatic rings. The van der Waals surface area contributed by atoms with Crippen LogP contribution in [0, 0.1) is 12.8 Å².